The van der Waals surface area contributed by atoms with Crippen LogP contribution in [-0.2, 0) is 26.5 Å². The van der Waals surface area contributed by atoms with E-state index in [1.165, 1.54) is 12.1 Å². The van der Waals surface area contributed by atoms with Crippen LogP contribution >= 0.6 is 11.3 Å². The molecule has 0 amide bonds. The van der Waals surface area contributed by atoms with Gasteiger partial charge in [0, 0.05) is 10.4 Å². The highest BCUT2D eigenvalue weighted by Crippen LogP contribution is 2.27. The van der Waals surface area contributed by atoms with Gasteiger partial charge in [0.05, 0.1) is 18.1 Å². The first-order valence-corrected chi connectivity index (χ1v) is 9.72. The van der Waals surface area contributed by atoms with Crippen molar-refractivity contribution in [3.63, 3.8) is 0 Å². The van der Waals surface area contributed by atoms with E-state index < -0.39 is 25.4 Å². The van der Waals surface area contributed by atoms with Gasteiger partial charge >= 0.3 is 0 Å². The highest BCUT2D eigenvalue weighted by molar-refractivity contribution is 7.92. The molecule has 1 aromatic heterocycles. The summed E-state index contributed by atoms with van der Waals surface area (Å²) in [5, 5.41) is 8.94. The SMILES string of the molecule is CC1(NS(=O)(=O)c2ccc(CO)s2)CCS(=O)(=O)C1. The fourth-order valence-corrected chi connectivity index (χ4v) is 6.89. The number of hydrogen-bond donors (Lipinski definition) is 2. The monoisotopic (exact) mass is 325 g/mol. The summed E-state index contributed by atoms with van der Waals surface area (Å²) in [6.07, 6.45) is 0.271. The quantitative estimate of drug-likeness (QED) is 0.817. The second-order valence-electron chi connectivity index (χ2n) is 4.89. The first kappa shape index (κ1) is 14.9. The van der Waals surface area contributed by atoms with Crippen molar-refractivity contribution in [2.75, 3.05) is 11.5 Å². The third-order valence-corrected chi connectivity index (χ3v) is 8.05. The Labute approximate surface area is 116 Å². The third kappa shape index (κ3) is 3.34. The van der Waals surface area contributed by atoms with E-state index in [1.54, 1.807) is 6.92 Å². The zero-order valence-corrected chi connectivity index (χ0v) is 12.7. The molecular formula is C10H15NO5S3. The first-order valence-electron chi connectivity index (χ1n) is 5.60. The van der Waals surface area contributed by atoms with Crippen LogP contribution < -0.4 is 4.72 Å². The van der Waals surface area contributed by atoms with Gasteiger partial charge in [-0.2, -0.15) is 0 Å². The van der Waals surface area contributed by atoms with Crippen molar-refractivity contribution in [2.45, 2.75) is 29.7 Å². The van der Waals surface area contributed by atoms with E-state index in [1.807, 2.05) is 0 Å². The molecular weight excluding hydrogens is 310 g/mol. The fourth-order valence-electron chi connectivity index (χ4n) is 2.05. The summed E-state index contributed by atoms with van der Waals surface area (Å²) in [5.74, 6) is -0.185. The Kier molecular flexibility index (Phi) is 3.78. The van der Waals surface area contributed by atoms with Crippen molar-refractivity contribution >= 4 is 31.2 Å². The highest BCUT2D eigenvalue weighted by atomic mass is 32.2. The van der Waals surface area contributed by atoms with Crippen LogP contribution in [0.15, 0.2) is 16.3 Å². The molecule has 2 heterocycles. The molecule has 2 rings (SSSR count). The highest BCUT2D eigenvalue weighted by Gasteiger charge is 2.41. The van der Waals surface area contributed by atoms with Crippen molar-refractivity contribution in [2.24, 2.45) is 0 Å². The molecule has 1 unspecified atom stereocenters. The fraction of sp³-hybridized carbons (Fsp3) is 0.600. The lowest BCUT2D eigenvalue weighted by Gasteiger charge is -2.22. The Balaban J connectivity index is 2.23. The van der Waals surface area contributed by atoms with Crippen molar-refractivity contribution in [1.29, 1.82) is 0 Å². The molecule has 0 spiro atoms. The Morgan fingerprint density at radius 1 is 1.47 bits per heavy atom. The van der Waals surface area contributed by atoms with Gasteiger partial charge in [-0.3, -0.25) is 0 Å². The summed E-state index contributed by atoms with van der Waals surface area (Å²) < 4.78 is 49.8. The number of nitrogens with one attached hydrogen (secondary N) is 1. The Morgan fingerprint density at radius 3 is 2.63 bits per heavy atom. The summed E-state index contributed by atoms with van der Waals surface area (Å²) in [7, 11) is -6.92. The number of thiophene rings is 1. The molecule has 0 saturated carbocycles. The molecule has 0 bridgehead atoms. The molecule has 1 saturated heterocycles. The number of hydrogen-bond acceptors (Lipinski definition) is 6. The zero-order valence-electron chi connectivity index (χ0n) is 10.3. The summed E-state index contributed by atoms with van der Waals surface area (Å²) >= 11 is 0.972. The maximum atomic E-state index is 12.2. The van der Waals surface area contributed by atoms with Crippen LogP contribution in [0.25, 0.3) is 0 Å². The molecule has 0 radical (unpaired) electrons. The van der Waals surface area contributed by atoms with Crippen LogP contribution in [0.1, 0.15) is 18.2 Å². The van der Waals surface area contributed by atoms with E-state index in [2.05, 4.69) is 4.72 Å². The van der Waals surface area contributed by atoms with Crippen LogP contribution in [0.2, 0.25) is 0 Å². The minimum absolute atomic E-state index is 0.00164. The number of aliphatic hydroxyl groups excluding tert-OH is 1. The predicted molar refractivity (Wildman–Crippen MR) is 72.2 cm³/mol. The molecule has 0 aliphatic carbocycles. The summed E-state index contributed by atoms with van der Waals surface area (Å²) in [6, 6.07) is 2.94. The molecule has 2 N–H and O–H groups in total. The minimum atomic E-state index is -3.75. The molecule has 1 fully saturated rings. The third-order valence-electron chi connectivity index (χ3n) is 2.94. The van der Waals surface area contributed by atoms with Crippen molar-refractivity contribution in [1.82, 2.24) is 4.72 Å². The number of sulfonamides is 1. The lowest BCUT2D eigenvalue weighted by atomic mass is 10.0. The summed E-state index contributed by atoms with van der Waals surface area (Å²) in [6.45, 7) is 1.38. The predicted octanol–water partition coefficient (Wildman–Crippen LogP) is 0.0959. The molecule has 1 aromatic rings. The van der Waals surface area contributed by atoms with Crippen LogP contribution in [0, 0.1) is 0 Å². The molecule has 1 aliphatic rings. The number of sulfone groups is 1. The van der Waals surface area contributed by atoms with Gasteiger partial charge in [-0.1, -0.05) is 0 Å². The molecule has 1 atom stereocenters. The zero-order chi connectivity index (χ0) is 14.3. The number of rotatable bonds is 4. The van der Waals surface area contributed by atoms with Crippen molar-refractivity contribution < 1.29 is 21.9 Å². The van der Waals surface area contributed by atoms with Gasteiger partial charge in [-0.25, -0.2) is 21.6 Å². The maximum Gasteiger partial charge on any atom is 0.250 e. The van der Waals surface area contributed by atoms with Gasteiger partial charge in [-0.05, 0) is 25.5 Å². The lowest BCUT2D eigenvalue weighted by molar-refractivity contribution is 0.285. The van der Waals surface area contributed by atoms with Crippen LogP contribution in [0.5, 0.6) is 0 Å². The molecule has 108 valence electrons. The number of aliphatic hydroxyl groups is 1. The average Bonchev–Trinajstić information content (AvgIpc) is 2.83. The van der Waals surface area contributed by atoms with Gasteiger partial charge in [0.2, 0.25) is 0 Å². The topological polar surface area (TPSA) is 101 Å². The second kappa shape index (κ2) is 4.81. The standard InChI is InChI=1S/C10H15NO5S3/c1-10(4-5-18(13,14)7-10)11-19(15,16)9-3-2-8(6-12)17-9/h2-3,11-12H,4-7H2,1H3. The van der Waals surface area contributed by atoms with Crippen LogP contribution in [0.3, 0.4) is 0 Å². The summed E-state index contributed by atoms with van der Waals surface area (Å²) in [5.41, 5.74) is -0.957. The second-order valence-corrected chi connectivity index (χ2v) is 10.1. The van der Waals surface area contributed by atoms with E-state index in [4.69, 9.17) is 5.11 Å². The molecule has 0 aromatic carbocycles. The normalized spacial score (nSPS) is 26.6. The van der Waals surface area contributed by atoms with E-state index in [0.717, 1.165) is 11.3 Å². The molecule has 19 heavy (non-hydrogen) atoms. The molecule has 6 nitrogen and oxygen atoms in total. The van der Waals surface area contributed by atoms with E-state index >= 15 is 0 Å². The van der Waals surface area contributed by atoms with Gasteiger partial charge in [0.25, 0.3) is 10.0 Å². The largest absolute Gasteiger partial charge is 0.391 e. The van der Waals surface area contributed by atoms with E-state index in [-0.39, 0.29) is 28.7 Å². The Hall–Kier alpha value is -0.480. The van der Waals surface area contributed by atoms with Crippen LogP contribution in [0.4, 0.5) is 0 Å². The maximum absolute atomic E-state index is 12.2. The molecule has 9 heteroatoms. The van der Waals surface area contributed by atoms with Gasteiger partial charge in [-0.15, -0.1) is 11.3 Å². The Morgan fingerprint density at radius 2 is 2.16 bits per heavy atom. The van der Waals surface area contributed by atoms with Crippen molar-refractivity contribution in [3.8, 4) is 0 Å². The van der Waals surface area contributed by atoms with Gasteiger partial charge in [0.15, 0.2) is 9.84 Å². The van der Waals surface area contributed by atoms with Crippen molar-refractivity contribution in [3.05, 3.63) is 17.0 Å². The summed E-state index contributed by atoms with van der Waals surface area (Å²) in [4.78, 5) is 0.546. The average molecular weight is 325 g/mol. The van der Waals surface area contributed by atoms with Gasteiger partial charge < -0.3 is 5.11 Å². The molecule has 1 aliphatic heterocycles. The van der Waals surface area contributed by atoms with Gasteiger partial charge in [0.1, 0.15) is 4.21 Å². The van der Waals surface area contributed by atoms with E-state index in [9.17, 15) is 16.8 Å². The first-order chi connectivity index (χ1) is 8.66. The minimum Gasteiger partial charge on any atom is -0.391 e. The lowest BCUT2D eigenvalue weighted by Crippen LogP contribution is -2.46. The van der Waals surface area contributed by atoms with Crippen LogP contribution in [-0.4, -0.2) is 39.0 Å². The smallest absolute Gasteiger partial charge is 0.250 e. The Bertz CT molecular complexity index is 676. The van der Waals surface area contributed by atoms with E-state index in [0.29, 0.717) is 4.88 Å².